The van der Waals surface area contributed by atoms with E-state index in [1.54, 1.807) is 11.3 Å². The van der Waals surface area contributed by atoms with Crippen molar-refractivity contribution < 1.29 is 4.74 Å². The summed E-state index contributed by atoms with van der Waals surface area (Å²) in [5, 5.41) is 6.89. The summed E-state index contributed by atoms with van der Waals surface area (Å²) < 4.78 is 6.28. The molecule has 2 heterocycles. The number of hydrogen-bond acceptors (Lipinski definition) is 4. The van der Waals surface area contributed by atoms with E-state index in [9.17, 15) is 0 Å². The lowest BCUT2D eigenvalue weighted by Crippen LogP contribution is -2.55. The summed E-state index contributed by atoms with van der Waals surface area (Å²) in [5.41, 5.74) is 0.352. The lowest BCUT2D eigenvalue weighted by molar-refractivity contribution is -0.141. The molecule has 4 heteroatoms. The highest BCUT2D eigenvalue weighted by molar-refractivity contribution is 7.09. The first-order valence-electron chi connectivity index (χ1n) is 6.88. The molecule has 1 aliphatic heterocycles. The first-order chi connectivity index (χ1) is 8.61. The van der Waals surface area contributed by atoms with Gasteiger partial charge in [0.05, 0.1) is 18.2 Å². The molecule has 2 atom stereocenters. The molecule has 2 fully saturated rings. The third-order valence-corrected chi connectivity index (χ3v) is 5.14. The number of nitrogens with one attached hydrogen (secondary N) is 1. The second-order valence-corrected chi connectivity index (χ2v) is 7.29. The number of aromatic nitrogens is 1. The van der Waals surface area contributed by atoms with E-state index in [-0.39, 0.29) is 11.6 Å². The molecule has 0 radical (unpaired) electrons. The van der Waals surface area contributed by atoms with Crippen molar-refractivity contribution in [1.29, 1.82) is 0 Å². The Kier molecular flexibility index (Phi) is 3.20. The van der Waals surface area contributed by atoms with Crippen molar-refractivity contribution in [3.05, 3.63) is 16.6 Å². The van der Waals surface area contributed by atoms with Crippen LogP contribution in [0.5, 0.6) is 0 Å². The van der Waals surface area contributed by atoms with Crippen molar-refractivity contribution in [2.75, 3.05) is 13.2 Å². The van der Waals surface area contributed by atoms with Gasteiger partial charge >= 0.3 is 0 Å². The molecule has 100 valence electrons. The lowest BCUT2D eigenvalue weighted by atomic mass is 9.66. The largest absolute Gasteiger partial charge is 0.372 e. The minimum absolute atomic E-state index is 0.0299. The van der Waals surface area contributed by atoms with E-state index in [2.05, 4.69) is 29.5 Å². The molecule has 1 aromatic rings. The van der Waals surface area contributed by atoms with Gasteiger partial charge in [-0.05, 0) is 31.1 Å². The molecule has 3 rings (SSSR count). The number of ether oxygens (including phenoxy) is 1. The van der Waals surface area contributed by atoms with Crippen LogP contribution >= 0.6 is 11.3 Å². The zero-order chi connectivity index (χ0) is 12.6. The maximum atomic E-state index is 6.28. The van der Waals surface area contributed by atoms with Crippen molar-refractivity contribution in [3.63, 3.8) is 0 Å². The van der Waals surface area contributed by atoms with Crippen LogP contribution in [0.1, 0.15) is 50.6 Å². The summed E-state index contributed by atoms with van der Waals surface area (Å²) in [6.07, 6.45) is 6.77. The summed E-state index contributed by atoms with van der Waals surface area (Å²) in [7, 11) is 0. The van der Waals surface area contributed by atoms with Crippen LogP contribution in [-0.4, -0.2) is 23.7 Å². The quantitative estimate of drug-likeness (QED) is 0.848. The minimum Gasteiger partial charge on any atom is -0.372 e. The van der Waals surface area contributed by atoms with Gasteiger partial charge in [0.15, 0.2) is 0 Å². The molecule has 0 aromatic carbocycles. The van der Waals surface area contributed by atoms with Crippen LogP contribution in [0, 0.1) is 5.41 Å². The Morgan fingerprint density at radius 3 is 3.06 bits per heavy atom. The van der Waals surface area contributed by atoms with Gasteiger partial charge in [0.1, 0.15) is 5.01 Å². The van der Waals surface area contributed by atoms with Gasteiger partial charge < -0.3 is 10.1 Å². The van der Waals surface area contributed by atoms with Gasteiger partial charge in [0.25, 0.3) is 0 Å². The van der Waals surface area contributed by atoms with Gasteiger partial charge in [-0.2, -0.15) is 0 Å². The van der Waals surface area contributed by atoms with Gasteiger partial charge in [-0.25, -0.2) is 4.98 Å². The number of rotatable bonds is 1. The number of thiazole rings is 1. The van der Waals surface area contributed by atoms with Gasteiger partial charge in [0, 0.05) is 18.1 Å². The highest BCUT2D eigenvalue weighted by atomic mass is 32.1. The molecule has 2 unspecified atom stereocenters. The fraction of sp³-hybridized carbons (Fsp3) is 0.786. The highest BCUT2D eigenvalue weighted by Crippen LogP contribution is 2.49. The molecule has 18 heavy (non-hydrogen) atoms. The molecule has 1 spiro atoms. The predicted molar refractivity (Wildman–Crippen MR) is 73.8 cm³/mol. The molecule has 0 bridgehead atoms. The standard InChI is InChI=1S/C14H22N2OS/c1-13(2)4-3-5-14(10-13)11(15-6-8-17-14)12-16-7-9-18-12/h7,9,11,15H,3-6,8,10H2,1-2H3. The Morgan fingerprint density at radius 2 is 2.33 bits per heavy atom. The van der Waals surface area contributed by atoms with Gasteiger partial charge in [-0.3, -0.25) is 0 Å². The third-order valence-electron chi connectivity index (χ3n) is 4.30. The Bertz CT molecular complexity index is 400. The molecule has 1 N–H and O–H groups in total. The molecule has 1 aromatic heterocycles. The normalized spacial score (nSPS) is 35.8. The first-order valence-corrected chi connectivity index (χ1v) is 7.76. The monoisotopic (exact) mass is 266 g/mol. The Balaban J connectivity index is 1.91. The molecule has 1 saturated heterocycles. The van der Waals surface area contributed by atoms with Crippen LogP contribution in [0.15, 0.2) is 11.6 Å². The van der Waals surface area contributed by atoms with Gasteiger partial charge in [-0.15, -0.1) is 11.3 Å². The maximum Gasteiger partial charge on any atom is 0.112 e. The molecule has 1 saturated carbocycles. The van der Waals surface area contributed by atoms with Crippen molar-refractivity contribution >= 4 is 11.3 Å². The molecular formula is C14H22N2OS. The fourth-order valence-corrected chi connectivity index (χ4v) is 4.46. The zero-order valence-electron chi connectivity index (χ0n) is 11.2. The average molecular weight is 266 g/mol. The topological polar surface area (TPSA) is 34.1 Å². The van der Waals surface area contributed by atoms with Crippen molar-refractivity contribution in [2.45, 2.75) is 51.2 Å². The van der Waals surface area contributed by atoms with Gasteiger partial charge in [-0.1, -0.05) is 13.8 Å². The maximum absolute atomic E-state index is 6.28. The van der Waals surface area contributed by atoms with Crippen LogP contribution in [0.25, 0.3) is 0 Å². The molecule has 2 aliphatic rings. The number of hydrogen-bond donors (Lipinski definition) is 1. The van der Waals surface area contributed by atoms with Crippen LogP contribution in [-0.2, 0) is 4.74 Å². The van der Waals surface area contributed by atoms with E-state index < -0.39 is 0 Å². The lowest BCUT2D eigenvalue weighted by Gasteiger charge is -2.50. The van der Waals surface area contributed by atoms with E-state index in [1.807, 2.05) is 6.20 Å². The van der Waals surface area contributed by atoms with Crippen molar-refractivity contribution in [1.82, 2.24) is 10.3 Å². The highest BCUT2D eigenvalue weighted by Gasteiger charge is 2.49. The second-order valence-electron chi connectivity index (χ2n) is 6.37. The fourth-order valence-electron chi connectivity index (χ4n) is 3.64. The minimum atomic E-state index is -0.0299. The van der Waals surface area contributed by atoms with Crippen LogP contribution in [0.3, 0.4) is 0 Å². The Hall–Kier alpha value is -0.450. The second kappa shape index (κ2) is 4.58. The summed E-state index contributed by atoms with van der Waals surface area (Å²) in [6.45, 7) is 6.50. The smallest absolute Gasteiger partial charge is 0.112 e. The van der Waals surface area contributed by atoms with Gasteiger partial charge in [0.2, 0.25) is 0 Å². The van der Waals surface area contributed by atoms with Crippen LogP contribution < -0.4 is 5.32 Å². The van der Waals surface area contributed by atoms with E-state index >= 15 is 0 Å². The van der Waals surface area contributed by atoms with Crippen LogP contribution in [0.4, 0.5) is 0 Å². The molecule has 0 amide bonds. The Labute approximate surface area is 113 Å². The van der Waals surface area contributed by atoms with Crippen LogP contribution in [0.2, 0.25) is 0 Å². The Morgan fingerprint density at radius 1 is 1.44 bits per heavy atom. The summed E-state index contributed by atoms with van der Waals surface area (Å²) in [4.78, 5) is 4.51. The zero-order valence-corrected chi connectivity index (χ0v) is 12.1. The third kappa shape index (κ3) is 2.22. The van der Waals surface area contributed by atoms with E-state index in [4.69, 9.17) is 4.74 Å². The van der Waals surface area contributed by atoms with Crippen molar-refractivity contribution in [2.24, 2.45) is 5.41 Å². The van der Waals surface area contributed by atoms with E-state index in [1.165, 1.54) is 17.8 Å². The molecule has 1 aliphatic carbocycles. The number of morpholine rings is 1. The van der Waals surface area contributed by atoms with E-state index in [0.29, 0.717) is 5.41 Å². The van der Waals surface area contributed by atoms with E-state index in [0.717, 1.165) is 26.0 Å². The summed E-state index contributed by atoms with van der Waals surface area (Å²) in [6, 6.07) is 0.283. The molecular weight excluding hydrogens is 244 g/mol. The first kappa shape index (κ1) is 12.6. The summed E-state index contributed by atoms with van der Waals surface area (Å²) in [5.74, 6) is 0. The molecule has 3 nitrogen and oxygen atoms in total. The van der Waals surface area contributed by atoms with Crippen molar-refractivity contribution in [3.8, 4) is 0 Å². The summed E-state index contributed by atoms with van der Waals surface area (Å²) >= 11 is 1.74. The predicted octanol–water partition coefficient (Wildman–Crippen LogP) is 3.14. The average Bonchev–Trinajstić information content (AvgIpc) is 2.81. The SMILES string of the molecule is CC1(C)CCCC2(C1)OCCNC2c1nccs1. The number of nitrogens with zero attached hydrogens (tertiary/aromatic N) is 1.